The number of carbonyl (C=O) groups is 2. The van der Waals surface area contributed by atoms with Gasteiger partial charge < -0.3 is 20.0 Å². The number of aromatic nitrogens is 1. The maximum atomic E-state index is 12.7. The Bertz CT molecular complexity index is 908. The van der Waals surface area contributed by atoms with Gasteiger partial charge in [-0.1, -0.05) is 6.07 Å². The number of hydrogen-bond donors (Lipinski definition) is 2. The van der Waals surface area contributed by atoms with Crippen LogP contribution in [0.2, 0.25) is 0 Å². The Hall–Kier alpha value is -3.34. The number of nitrogens with one attached hydrogen (secondary N) is 2. The zero-order chi connectivity index (χ0) is 18.8. The molecule has 0 bridgehead atoms. The maximum absolute atomic E-state index is 12.7. The molecule has 1 heterocycles. The molecule has 2 aliphatic rings. The Morgan fingerprint density at radius 1 is 1.30 bits per heavy atom. The van der Waals surface area contributed by atoms with Crippen LogP contribution < -0.4 is 10.6 Å². The Labute approximate surface area is 156 Å². The lowest BCUT2D eigenvalue weighted by Crippen LogP contribution is -2.36. The smallest absolute Gasteiger partial charge is 0.322 e. The van der Waals surface area contributed by atoms with Crippen LogP contribution in [-0.2, 0) is 6.54 Å². The van der Waals surface area contributed by atoms with Crippen molar-refractivity contribution >= 4 is 17.6 Å². The number of urea groups is 1. The minimum atomic E-state index is -0.283. The quantitative estimate of drug-likeness (QED) is 0.817. The lowest BCUT2D eigenvalue weighted by atomic mass is 10.2. The van der Waals surface area contributed by atoms with E-state index in [2.05, 4.69) is 15.6 Å². The fraction of sp³-hybridized carbons (Fsp3) is 0.368. The minimum absolute atomic E-state index is 0.125. The first kappa shape index (κ1) is 17.1. The summed E-state index contributed by atoms with van der Waals surface area (Å²) in [5.74, 6) is 0.0759. The fourth-order valence-electron chi connectivity index (χ4n) is 2.74. The zero-order valence-electron chi connectivity index (χ0n) is 14.6. The SMILES string of the molecule is N#Cc1cccc(NC(=O)N(Cc2nc(C(=O)NC3CC3)co2)C2CC2)c1. The van der Waals surface area contributed by atoms with Crippen LogP contribution in [-0.4, -0.2) is 33.9 Å². The third-order valence-electron chi connectivity index (χ3n) is 4.49. The van der Waals surface area contributed by atoms with E-state index >= 15 is 0 Å². The van der Waals surface area contributed by atoms with Crippen molar-refractivity contribution in [2.45, 2.75) is 44.3 Å². The van der Waals surface area contributed by atoms with E-state index in [1.165, 1.54) is 6.26 Å². The van der Waals surface area contributed by atoms with Crippen molar-refractivity contribution in [3.8, 4) is 6.07 Å². The number of hydrogen-bond acceptors (Lipinski definition) is 5. The minimum Gasteiger partial charge on any atom is -0.446 e. The Kier molecular flexibility index (Phi) is 4.50. The lowest BCUT2D eigenvalue weighted by molar-refractivity contribution is 0.0946. The normalized spacial score (nSPS) is 15.7. The van der Waals surface area contributed by atoms with Gasteiger partial charge in [-0.05, 0) is 43.9 Å². The standard InChI is InChI=1S/C19H19N5O3/c20-9-12-2-1-3-14(8-12)22-19(26)24(15-6-7-15)10-17-23-16(11-27-17)18(25)21-13-4-5-13/h1-3,8,11,13,15H,4-7,10H2,(H,21,25)(H,22,26). The van der Waals surface area contributed by atoms with Gasteiger partial charge in [0.25, 0.3) is 5.91 Å². The largest absolute Gasteiger partial charge is 0.446 e. The van der Waals surface area contributed by atoms with Gasteiger partial charge in [0.1, 0.15) is 6.26 Å². The van der Waals surface area contributed by atoms with Gasteiger partial charge in [0.2, 0.25) is 5.89 Å². The number of nitrogens with zero attached hydrogens (tertiary/aromatic N) is 3. The summed E-state index contributed by atoms with van der Waals surface area (Å²) in [5.41, 5.74) is 1.26. The average molecular weight is 365 g/mol. The van der Waals surface area contributed by atoms with Crippen molar-refractivity contribution in [3.63, 3.8) is 0 Å². The summed E-state index contributed by atoms with van der Waals surface area (Å²) in [6.45, 7) is 0.186. The summed E-state index contributed by atoms with van der Waals surface area (Å²) in [4.78, 5) is 30.6. The molecule has 8 heteroatoms. The number of carbonyl (C=O) groups excluding carboxylic acids is 2. The molecule has 2 aromatic rings. The van der Waals surface area contributed by atoms with Gasteiger partial charge >= 0.3 is 6.03 Å². The fourth-order valence-corrected chi connectivity index (χ4v) is 2.74. The maximum Gasteiger partial charge on any atom is 0.322 e. The molecule has 0 radical (unpaired) electrons. The van der Waals surface area contributed by atoms with Crippen LogP contribution in [0.4, 0.5) is 10.5 Å². The molecule has 0 unspecified atom stereocenters. The second-order valence-electron chi connectivity index (χ2n) is 6.86. The van der Waals surface area contributed by atoms with Gasteiger partial charge in [-0.25, -0.2) is 9.78 Å². The van der Waals surface area contributed by atoms with Crippen LogP contribution in [0.1, 0.15) is 47.6 Å². The van der Waals surface area contributed by atoms with Crippen LogP contribution in [0.3, 0.4) is 0 Å². The van der Waals surface area contributed by atoms with E-state index in [9.17, 15) is 9.59 Å². The third-order valence-corrected chi connectivity index (χ3v) is 4.49. The molecular weight excluding hydrogens is 346 g/mol. The topological polar surface area (TPSA) is 111 Å². The van der Waals surface area contributed by atoms with E-state index in [0.717, 1.165) is 25.7 Å². The molecule has 0 aliphatic heterocycles. The van der Waals surface area contributed by atoms with E-state index in [4.69, 9.17) is 9.68 Å². The summed E-state index contributed by atoms with van der Waals surface area (Å²) < 4.78 is 5.40. The molecule has 138 valence electrons. The molecule has 0 atom stereocenters. The van der Waals surface area contributed by atoms with Crippen molar-refractivity contribution in [3.05, 3.63) is 47.7 Å². The van der Waals surface area contributed by atoms with Crippen LogP contribution >= 0.6 is 0 Å². The van der Waals surface area contributed by atoms with Gasteiger partial charge in [0.05, 0.1) is 18.2 Å². The number of anilines is 1. The molecule has 2 aliphatic carbocycles. The molecule has 27 heavy (non-hydrogen) atoms. The molecule has 2 fully saturated rings. The highest BCUT2D eigenvalue weighted by atomic mass is 16.3. The molecule has 4 rings (SSSR count). The summed E-state index contributed by atoms with van der Waals surface area (Å²) in [5, 5.41) is 14.6. The molecule has 2 saturated carbocycles. The first-order valence-corrected chi connectivity index (χ1v) is 8.95. The Balaban J connectivity index is 1.42. The van der Waals surface area contributed by atoms with Crippen molar-refractivity contribution < 1.29 is 14.0 Å². The second-order valence-corrected chi connectivity index (χ2v) is 6.86. The van der Waals surface area contributed by atoms with Gasteiger partial charge in [-0.3, -0.25) is 4.79 Å². The highest BCUT2D eigenvalue weighted by Crippen LogP contribution is 2.29. The molecule has 0 saturated heterocycles. The Morgan fingerprint density at radius 2 is 2.11 bits per heavy atom. The van der Waals surface area contributed by atoms with Gasteiger partial charge in [-0.2, -0.15) is 5.26 Å². The Morgan fingerprint density at radius 3 is 2.81 bits per heavy atom. The van der Waals surface area contributed by atoms with Crippen LogP contribution in [0.25, 0.3) is 0 Å². The summed E-state index contributed by atoms with van der Waals surface area (Å²) in [6, 6.07) is 8.88. The second kappa shape index (κ2) is 7.11. The van der Waals surface area contributed by atoms with Crippen LogP contribution in [0.15, 0.2) is 34.9 Å². The van der Waals surface area contributed by atoms with Crippen molar-refractivity contribution in [2.75, 3.05) is 5.32 Å². The number of benzene rings is 1. The number of rotatable bonds is 6. The predicted octanol–water partition coefficient (Wildman–Crippen LogP) is 2.63. The van der Waals surface area contributed by atoms with Crippen molar-refractivity contribution in [1.82, 2.24) is 15.2 Å². The molecule has 0 spiro atoms. The highest BCUT2D eigenvalue weighted by molar-refractivity contribution is 5.92. The average Bonchev–Trinajstić information content (AvgIpc) is 3.60. The summed E-state index contributed by atoms with van der Waals surface area (Å²) in [6.07, 6.45) is 5.16. The summed E-state index contributed by atoms with van der Waals surface area (Å²) >= 11 is 0. The molecule has 1 aromatic carbocycles. The van der Waals surface area contributed by atoms with Crippen molar-refractivity contribution in [2.24, 2.45) is 0 Å². The highest BCUT2D eigenvalue weighted by Gasteiger charge is 2.34. The van der Waals surface area contributed by atoms with Gasteiger partial charge in [-0.15, -0.1) is 0 Å². The molecule has 1 aromatic heterocycles. The van der Waals surface area contributed by atoms with Crippen LogP contribution in [0.5, 0.6) is 0 Å². The lowest BCUT2D eigenvalue weighted by Gasteiger charge is -2.21. The van der Waals surface area contributed by atoms with Crippen molar-refractivity contribution in [1.29, 1.82) is 5.26 Å². The zero-order valence-corrected chi connectivity index (χ0v) is 14.6. The van der Waals surface area contributed by atoms with E-state index in [0.29, 0.717) is 17.1 Å². The number of nitriles is 1. The first-order chi connectivity index (χ1) is 13.1. The first-order valence-electron chi connectivity index (χ1n) is 8.95. The number of oxazole rings is 1. The van der Waals surface area contributed by atoms with E-state index in [-0.39, 0.29) is 36.3 Å². The van der Waals surface area contributed by atoms with Crippen LogP contribution in [0, 0.1) is 11.3 Å². The molecule has 3 amide bonds. The van der Waals surface area contributed by atoms with Gasteiger partial charge in [0, 0.05) is 17.8 Å². The van der Waals surface area contributed by atoms with Gasteiger partial charge in [0.15, 0.2) is 5.69 Å². The molecular formula is C19H19N5O3. The summed E-state index contributed by atoms with van der Waals surface area (Å²) in [7, 11) is 0. The molecule has 2 N–H and O–H groups in total. The monoisotopic (exact) mass is 365 g/mol. The third kappa shape index (κ3) is 4.26. The van der Waals surface area contributed by atoms with E-state index in [1.807, 2.05) is 6.07 Å². The number of amides is 3. The molecule has 8 nitrogen and oxygen atoms in total. The predicted molar refractivity (Wildman–Crippen MR) is 95.7 cm³/mol. The van der Waals surface area contributed by atoms with E-state index < -0.39 is 0 Å². The van der Waals surface area contributed by atoms with E-state index in [1.54, 1.807) is 29.2 Å².